The third-order valence-corrected chi connectivity index (χ3v) is 6.96. The predicted octanol–water partition coefficient (Wildman–Crippen LogP) is 6.97. The highest BCUT2D eigenvalue weighted by atomic mass is 16.3. The molecule has 3 aromatic carbocycles. The Morgan fingerprint density at radius 1 is 0.941 bits per heavy atom. The number of para-hydroxylation sites is 2. The number of aromatic nitrogens is 1. The fourth-order valence-corrected chi connectivity index (χ4v) is 4.81. The van der Waals surface area contributed by atoms with E-state index in [2.05, 4.69) is 47.6 Å². The van der Waals surface area contributed by atoms with Gasteiger partial charge in [0, 0.05) is 22.5 Å². The molecule has 34 heavy (non-hydrogen) atoms. The highest BCUT2D eigenvalue weighted by molar-refractivity contribution is 5.87. The van der Waals surface area contributed by atoms with Gasteiger partial charge in [0.1, 0.15) is 5.58 Å². The number of H-pyrrole nitrogens is 1. The number of nitrogens with one attached hydrogen (secondary N) is 2. The zero-order chi connectivity index (χ0) is 23.5. The SMILES string of the molecule is C[C@H](NC(=O)[C@](C)(CCc1coc2ccccc12)Cc1c[nH]c2ccccc12)c1ccccc1. The second-order valence-electron chi connectivity index (χ2n) is 9.46. The van der Waals surface area contributed by atoms with Crippen molar-refractivity contribution in [2.24, 2.45) is 5.41 Å². The number of carbonyl (C=O) groups is 1. The second-order valence-corrected chi connectivity index (χ2v) is 9.46. The van der Waals surface area contributed by atoms with E-state index >= 15 is 0 Å². The molecule has 0 saturated carbocycles. The molecule has 2 aromatic heterocycles. The quantitative estimate of drug-likeness (QED) is 0.268. The van der Waals surface area contributed by atoms with Crippen molar-refractivity contribution in [1.29, 1.82) is 0 Å². The summed E-state index contributed by atoms with van der Waals surface area (Å²) in [6, 6.07) is 26.4. The lowest BCUT2D eigenvalue weighted by Gasteiger charge is -2.30. The number of furan rings is 1. The predicted molar refractivity (Wildman–Crippen MR) is 138 cm³/mol. The standard InChI is InChI=1S/C30H30N2O2/c1-21(22-10-4-3-5-11-22)32-29(33)30(2,18-24-19-31-27-14-8-6-12-25(24)27)17-16-23-20-34-28-15-9-7-13-26(23)28/h3-15,19-21,31H,16-18H2,1-2H3,(H,32,33)/t21-,30+/m0/s1. The van der Waals surface area contributed by atoms with Crippen LogP contribution in [0, 0.1) is 5.41 Å². The smallest absolute Gasteiger partial charge is 0.226 e. The van der Waals surface area contributed by atoms with Crippen LogP contribution in [0.4, 0.5) is 0 Å². The number of benzene rings is 3. The van der Waals surface area contributed by atoms with Gasteiger partial charge in [-0.1, -0.05) is 73.7 Å². The molecule has 0 aliphatic heterocycles. The van der Waals surface area contributed by atoms with Crippen LogP contribution in [0.3, 0.4) is 0 Å². The van der Waals surface area contributed by atoms with Gasteiger partial charge in [-0.2, -0.15) is 0 Å². The molecule has 0 spiro atoms. The summed E-state index contributed by atoms with van der Waals surface area (Å²) in [6.45, 7) is 4.13. The van der Waals surface area contributed by atoms with Crippen LogP contribution in [-0.4, -0.2) is 10.9 Å². The van der Waals surface area contributed by atoms with Crippen molar-refractivity contribution < 1.29 is 9.21 Å². The highest BCUT2D eigenvalue weighted by Gasteiger charge is 2.35. The van der Waals surface area contributed by atoms with Crippen LogP contribution < -0.4 is 5.32 Å². The second kappa shape index (κ2) is 9.22. The zero-order valence-corrected chi connectivity index (χ0v) is 19.7. The van der Waals surface area contributed by atoms with Crippen LogP contribution in [0.1, 0.15) is 43.0 Å². The Hall–Kier alpha value is -3.79. The van der Waals surface area contributed by atoms with E-state index in [4.69, 9.17) is 4.42 Å². The Bertz CT molecular complexity index is 1420. The molecule has 1 amide bonds. The minimum Gasteiger partial charge on any atom is -0.464 e. The maximum Gasteiger partial charge on any atom is 0.226 e. The molecule has 172 valence electrons. The third kappa shape index (κ3) is 4.36. The van der Waals surface area contributed by atoms with Gasteiger partial charge >= 0.3 is 0 Å². The average molecular weight is 451 g/mol. The van der Waals surface area contributed by atoms with Gasteiger partial charge in [-0.15, -0.1) is 0 Å². The summed E-state index contributed by atoms with van der Waals surface area (Å²) in [5, 5.41) is 5.58. The molecular formula is C30H30N2O2. The van der Waals surface area contributed by atoms with E-state index in [0.717, 1.165) is 39.6 Å². The number of aryl methyl sites for hydroxylation is 1. The highest BCUT2D eigenvalue weighted by Crippen LogP contribution is 2.34. The molecule has 5 aromatic rings. The average Bonchev–Trinajstić information content (AvgIpc) is 3.47. The normalized spacial score (nSPS) is 14.2. The molecule has 0 saturated heterocycles. The van der Waals surface area contributed by atoms with Crippen LogP contribution in [-0.2, 0) is 17.6 Å². The van der Waals surface area contributed by atoms with E-state index < -0.39 is 5.41 Å². The Morgan fingerprint density at radius 3 is 2.47 bits per heavy atom. The number of hydrogen-bond acceptors (Lipinski definition) is 2. The molecule has 0 fully saturated rings. The number of rotatable bonds is 8. The zero-order valence-electron chi connectivity index (χ0n) is 19.7. The lowest BCUT2D eigenvalue weighted by Crippen LogP contribution is -2.42. The summed E-state index contributed by atoms with van der Waals surface area (Å²) in [5.74, 6) is 0.0712. The van der Waals surface area contributed by atoms with Crippen molar-refractivity contribution in [3.8, 4) is 0 Å². The van der Waals surface area contributed by atoms with Crippen LogP contribution >= 0.6 is 0 Å². The molecule has 0 unspecified atom stereocenters. The number of aromatic amines is 1. The minimum absolute atomic E-state index is 0.0641. The van der Waals surface area contributed by atoms with Crippen molar-refractivity contribution in [2.75, 3.05) is 0 Å². The van der Waals surface area contributed by atoms with Crippen molar-refractivity contribution in [3.63, 3.8) is 0 Å². The van der Waals surface area contributed by atoms with Gasteiger partial charge in [-0.3, -0.25) is 4.79 Å². The van der Waals surface area contributed by atoms with Gasteiger partial charge in [0.2, 0.25) is 5.91 Å². The minimum atomic E-state index is -0.591. The van der Waals surface area contributed by atoms with Crippen molar-refractivity contribution >= 4 is 27.8 Å². The number of amides is 1. The molecule has 5 rings (SSSR count). The van der Waals surface area contributed by atoms with E-state index in [1.54, 1.807) is 0 Å². The van der Waals surface area contributed by atoms with E-state index in [-0.39, 0.29) is 11.9 Å². The third-order valence-electron chi connectivity index (χ3n) is 6.96. The fraction of sp³-hybridized carbons (Fsp3) is 0.233. The van der Waals surface area contributed by atoms with Crippen LogP contribution in [0.25, 0.3) is 21.9 Å². The Labute approximate surface area is 200 Å². The first-order valence-electron chi connectivity index (χ1n) is 11.9. The van der Waals surface area contributed by atoms with E-state index in [1.165, 1.54) is 5.39 Å². The van der Waals surface area contributed by atoms with Gasteiger partial charge in [-0.25, -0.2) is 0 Å². The summed E-state index contributed by atoms with van der Waals surface area (Å²) in [6.07, 6.45) is 6.01. The number of fused-ring (bicyclic) bond motifs is 2. The summed E-state index contributed by atoms with van der Waals surface area (Å²) < 4.78 is 5.76. The van der Waals surface area contributed by atoms with Crippen molar-refractivity contribution in [1.82, 2.24) is 10.3 Å². The maximum absolute atomic E-state index is 13.8. The molecule has 4 nitrogen and oxygen atoms in total. The largest absolute Gasteiger partial charge is 0.464 e. The first kappa shape index (κ1) is 22.0. The molecule has 0 aliphatic rings. The molecule has 0 bridgehead atoms. The number of hydrogen-bond donors (Lipinski definition) is 2. The van der Waals surface area contributed by atoms with E-state index in [9.17, 15) is 4.79 Å². The lowest BCUT2D eigenvalue weighted by molar-refractivity contribution is -0.131. The number of carbonyl (C=O) groups excluding carboxylic acids is 1. The molecule has 2 atom stereocenters. The summed E-state index contributed by atoms with van der Waals surface area (Å²) in [5.41, 5.74) is 4.80. The molecule has 0 aliphatic carbocycles. The molecular weight excluding hydrogens is 420 g/mol. The molecule has 4 heteroatoms. The van der Waals surface area contributed by atoms with E-state index in [0.29, 0.717) is 12.8 Å². The van der Waals surface area contributed by atoms with Crippen LogP contribution in [0.15, 0.2) is 95.7 Å². The fourth-order valence-electron chi connectivity index (χ4n) is 4.81. The van der Waals surface area contributed by atoms with Crippen LogP contribution in [0.5, 0.6) is 0 Å². The summed E-state index contributed by atoms with van der Waals surface area (Å²) in [4.78, 5) is 17.2. The van der Waals surface area contributed by atoms with Gasteiger partial charge in [0.25, 0.3) is 0 Å². The topological polar surface area (TPSA) is 58.0 Å². The Balaban J connectivity index is 1.43. The Kier molecular flexibility index (Phi) is 5.97. The van der Waals surface area contributed by atoms with Gasteiger partial charge in [0.15, 0.2) is 0 Å². The van der Waals surface area contributed by atoms with Gasteiger partial charge in [0.05, 0.1) is 17.7 Å². The maximum atomic E-state index is 13.8. The monoisotopic (exact) mass is 450 g/mol. The molecule has 2 N–H and O–H groups in total. The lowest BCUT2D eigenvalue weighted by atomic mass is 9.77. The van der Waals surface area contributed by atoms with Crippen molar-refractivity contribution in [3.05, 3.63) is 108 Å². The van der Waals surface area contributed by atoms with Crippen molar-refractivity contribution in [2.45, 2.75) is 39.2 Å². The Morgan fingerprint density at radius 2 is 1.65 bits per heavy atom. The summed E-state index contributed by atoms with van der Waals surface area (Å²) in [7, 11) is 0. The molecule has 2 heterocycles. The van der Waals surface area contributed by atoms with Gasteiger partial charge in [-0.05, 0) is 55.0 Å². The van der Waals surface area contributed by atoms with Gasteiger partial charge < -0.3 is 14.7 Å². The van der Waals surface area contributed by atoms with E-state index in [1.807, 2.05) is 67.9 Å². The first-order chi connectivity index (χ1) is 16.5. The first-order valence-corrected chi connectivity index (χ1v) is 11.9. The van der Waals surface area contributed by atoms with Crippen LogP contribution in [0.2, 0.25) is 0 Å². The molecule has 0 radical (unpaired) electrons. The summed E-state index contributed by atoms with van der Waals surface area (Å²) >= 11 is 0.